The number of carboxylic acids is 2. The predicted molar refractivity (Wildman–Crippen MR) is 127 cm³/mol. The van der Waals surface area contributed by atoms with Gasteiger partial charge in [-0.25, -0.2) is 0 Å². The van der Waals surface area contributed by atoms with Crippen molar-refractivity contribution in [2.45, 2.75) is 115 Å². The highest BCUT2D eigenvalue weighted by Gasteiger charge is 2.24. The summed E-state index contributed by atoms with van der Waals surface area (Å²) in [5, 5.41) is 17.6. The largest absolute Gasteiger partial charge is 0.481 e. The van der Waals surface area contributed by atoms with Crippen molar-refractivity contribution in [3.05, 3.63) is 0 Å². The van der Waals surface area contributed by atoms with Crippen LogP contribution in [0, 0.1) is 0 Å². The van der Waals surface area contributed by atoms with E-state index >= 15 is 0 Å². The first-order chi connectivity index (χ1) is 15.1. The molecule has 0 aromatic rings. The van der Waals surface area contributed by atoms with Gasteiger partial charge in [0.25, 0.3) is 0 Å². The minimum absolute atomic E-state index is 0.145. The van der Waals surface area contributed by atoms with Gasteiger partial charge in [0.15, 0.2) is 6.10 Å². The number of unbranched alkanes of at least 4 members (excludes halogenated alkanes) is 13. The lowest BCUT2D eigenvalue weighted by Crippen LogP contribution is -2.43. The van der Waals surface area contributed by atoms with E-state index in [4.69, 9.17) is 14.9 Å². The van der Waals surface area contributed by atoms with E-state index in [1.807, 2.05) is 21.1 Å². The molecular weight excluding hydrogens is 410 g/mol. The molecule has 32 heavy (non-hydrogen) atoms. The predicted octanol–water partition coefficient (Wildman–Crippen LogP) is 5.41. The maximum Gasteiger partial charge on any atom is 0.307 e. The van der Waals surface area contributed by atoms with Gasteiger partial charge in [-0.1, -0.05) is 77.0 Å². The zero-order valence-corrected chi connectivity index (χ0v) is 20.8. The Labute approximate surface area is 195 Å². The number of carbonyl (C=O) groups is 3. The van der Waals surface area contributed by atoms with Crippen LogP contribution in [0.4, 0.5) is 0 Å². The second-order valence-electron chi connectivity index (χ2n) is 10.0. The molecule has 0 aromatic carbocycles. The standard InChI is InChI=1S/C25H47NO6/c1-26(2,3)21-22(20-24(29)30)32-25(31)19-17-15-13-11-9-7-5-4-6-8-10-12-14-16-18-23(27)28/h22H,4-21H2,1-3H3,(H-,27,28,29,30)/p+1/t22-/m0/s1. The highest BCUT2D eigenvalue weighted by atomic mass is 16.5. The van der Waals surface area contributed by atoms with E-state index in [-0.39, 0.29) is 12.4 Å². The number of ether oxygens (including phenoxy) is 1. The number of likely N-dealkylation sites (N-methyl/N-ethyl adjacent to an activating group) is 1. The van der Waals surface area contributed by atoms with Crippen LogP contribution in [0.15, 0.2) is 0 Å². The Bertz CT molecular complexity index is 515. The smallest absolute Gasteiger partial charge is 0.307 e. The lowest BCUT2D eigenvalue weighted by Gasteiger charge is -2.28. The van der Waals surface area contributed by atoms with Crippen molar-refractivity contribution < 1.29 is 33.8 Å². The van der Waals surface area contributed by atoms with Crippen LogP contribution in [-0.2, 0) is 19.1 Å². The lowest BCUT2D eigenvalue weighted by atomic mass is 10.0. The first-order valence-corrected chi connectivity index (χ1v) is 12.5. The average Bonchev–Trinajstić information content (AvgIpc) is 2.65. The highest BCUT2D eigenvalue weighted by molar-refractivity contribution is 5.71. The average molecular weight is 459 g/mol. The molecular formula is C25H48NO6+. The number of aliphatic carboxylic acids is 2. The summed E-state index contributed by atoms with van der Waals surface area (Å²) < 4.78 is 5.96. The van der Waals surface area contributed by atoms with Gasteiger partial charge in [0, 0.05) is 12.8 Å². The van der Waals surface area contributed by atoms with Crippen molar-refractivity contribution in [1.82, 2.24) is 0 Å². The molecule has 0 aliphatic heterocycles. The van der Waals surface area contributed by atoms with Gasteiger partial charge in [-0.15, -0.1) is 0 Å². The van der Waals surface area contributed by atoms with Crippen molar-refractivity contribution in [3.8, 4) is 0 Å². The van der Waals surface area contributed by atoms with Gasteiger partial charge in [-0.05, 0) is 12.8 Å². The summed E-state index contributed by atoms with van der Waals surface area (Å²) in [7, 11) is 5.86. The van der Waals surface area contributed by atoms with Crippen LogP contribution >= 0.6 is 0 Å². The summed E-state index contributed by atoms with van der Waals surface area (Å²) in [6.45, 7) is 0.491. The molecule has 0 aromatic heterocycles. The van der Waals surface area contributed by atoms with Crippen molar-refractivity contribution in [1.29, 1.82) is 0 Å². The molecule has 7 nitrogen and oxygen atoms in total. The van der Waals surface area contributed by atoms with Crippen LogP contribution in [0.3, 0.4) is 0 Å². The van der Waals surface area contributed by atoms with Crippen molar-refractivity contribution in [2.75, 3.05) is 27.7 Å². The number of esters is 1. The Morgan fingerprint density at radius 2 is 1.00 bits per heavy atom. The maximum atomic E-state index is 12.0. The molecule has 0 aliphatic rings. The van der Waals surface area contributed by atoms with Gasteiger partial charge in [0.2, 0.25) is 0 Å². The molecule has 0 rings (SSSR count). The zero-order valence-electron chi connectivity index (χ0n) is 20.8. The summed E-state index contributed by atoms with van der Waals surface area (Å²) in [5.41, 5.74) is 0. The van der Waals surface area contributed by atoms with Crippen LogP contribution < -0.4 is 0 Å². The molecule has 0 heterocycles. The topological polar surface area (TPSA) is 101 Å². The Morgan fingerprint density at radius 3 is 1.34 bits per heavy atom. The molecule has 0 fully saturated rings. The first-order valence-electron chi connectivity index (χ1n) is 12.5. The lowest BCUT2D eigenvalue weighted by molar-refractivity contribution is -0.873. The third kappa shape index (κ3) is 23.0. The Kier molecular flexibility index (Phi) is 17.9. The minimum atomic E-state index is -0.941. The van der Waals surface area contributed by atoms with Crippen LogP contribution in [0.25, 0.3) is 0 Å². The number of carbonyl (C=O) groups excluding carboxylic acids is 1. The number of hydrogen-bond acceptors (Lipinski definition) is 4. The third-order valence-corrected chi connectivity index (χ3v) is 5.47. The fraction of sp³-hybridized carbons (Fsp3) is 0.880. The van der Waals surface area contributed by atoms with E-state index in [0.29, 0.717) is 23.9 Å². The Balaban J connectivity index is 3.52. The van der Waals surface area contributed by atoms with Gasteiger partial charge in [0.1, 0.15) is 6.54 Å². The van der Waals surface area contributed by atoms with E-state index in [1.165, 1.54) is 51.4 Å². The Hall–Kier alpha value is -1.63. The molecule has 1 atom stereocenters. The van der Waals surface area contributed by atoms with Crippen LogP contribution in [-0.4, -0.2) is 66.4 Å². The molecule has 188 valence electrons. The van der Waals surface area contributed by atoms with Crippen molar-refractivity contribution in [2.24, 2.45) is 0 Å². The molecule has 0 radical (unpaired) electrons. The number of rotatable bonds is 22. The van der Waals surface area contributed by atoms with E-state index in [0.717, 1.165) is 38.5 Å². The van der Waals surface area contributed by atoms with E-state index in [1.54, 1.807) is 0 Å². The quantitative estimate of drug-likeness (QED) is 0.128. The fourth-order valence-corrected chi connectivity index (χ4v) is 3.86. The molecule has 2 N–H and O–H groups in total. The number of carboxylic acid groups (broad SMARTS) is 2. The molecule has 0 aliphatic carbocycles. The fourth-order valence-electron chi connectivity index (χ4n) is 3.86. The van der Waals surface area contributed by atoms with Crippen LogP contribution in [0.2, 0.25) is 0 Å². The van der Waals surface area contributed by atoms with Crippen LogP contribution in [0.1, 0.15) is 109 Å². The molecule has 7 heteroatoms. The second-order valence-corrected chi connectivity index (χ2v) is 10.0. The first kappa shape index (κ1) is 30.4. The van der Waals surface area contributed by atoms with Gasteiger partial charge < -0.3 is 19.4 Å². The zero-order chi connectivity index (χ0) is 24.2. The van der Waals surface area contributed by atoms with Gasteiger partial charge in [-0.2, -0.15) is 0 Å². The summed E-state index contributed by atoms with van der Waals surface area (Å²) in [4.78, 5) is 33.5. The SMILES string of the molecule is C[N+](C)(C)C[C@H](CC(=O)O)OC(=O)CCCCCCCCCCCCCCCCC(=O)O. The minimum Gasteiger partial charge on any atom is -0.481 e. The van der Waals surface area contributed by atoms with Crippen molar-refractivity contribution in [3.63, 3.8) is 0 Å². The Morgan fingerprint density at radius 1 is 0.625 bits per heavy atom. The summed E-state index contributed by atoms with van der Waals surface area (Å²) in [6.07, 6.45) is 15.9. The van der Waals surface area contributed by atoms with Gasteiger partial charge in [0.05, 0.1) is 27.6 Å². The van der Waals surface area contributed by atoms with Crippen LogP contribution in [0.5, 0.6) is 0 Å². The van der Waals surface area contributed by atoms with E-state index in [9.17, 15) is 14.4 Å². The van der Waals surface area contributed by atoms with E-state index in [2.05, 4.69) is 0 Å². The molecule has 0 unspecified atom stereocenters. The molecule has 0 spiro atoms. The third-order valence-electron chi connectivity index (χ3n) is 5.47. The number of quaternary nitrogens is 1. The van der Waals surface area contributed by atoms with Crippen molar-refractivity contribution >= 4 is 17.9 Å². The summed E-state index contributed by atoms with van der Waals surface area (Å²) in [5.74, 6) is -1.92. The molecule has 0 amide bonds. The maximum absolute atomic E-state index is 12.0. The highest BCUT2D eigenvalue weighted by Crippen LogP contribution is 2.14. The molecule has 0 saturated heterocycles. The van der Waals surface area contributed by atoms with E-state index < -0.39 is 18.0 Å². The summed E-state index contributed by atoms with van der Waals surface area (Å²) in [6, 6.07) is 0. The molecule has 0 bridgehead atoms. The van der Waals surface area contributed by atoms with Gasteiger partial charge in [-0.3, -0.25) is 14.4 Å². The monoisotopic (exact) mass is 458 g/mol. The van der Waals surface area contributed by atoms with Gasteiger partial charge >= 0.3 is 17.9 Å². The number of hydrogen-bond donors (Lipinski definition) is 2. The second kappa shape index (κ2) is 18.9. The summed E-state index contributed by atoms with van der Waals surface area (Å²) >= 11 is 0. The molecule has 0 saturated carbocycles. The normalized spacial score (nSPS) is 12.5. The number of nitrogens with zero attached hydrogens (tertiary/aromatic N) is 1.